The van der Waals surface area contributed by atoms with Crippen LogP contribution in [0.1, 0.15) is 34.5 Å². The summed E-state index contributed by atoms with van der Waals surface area (Å²) in [5.74, 6) is -0.422. The third kappa shape index (κ3) is 8.95. The van der Waals surface area contributed by atoms with E-state index in [-0.39, 0.29) is 32.7 Å². The van der Waals surface area contributed by atoms with Crippen molar-refractivity contribution in [1.82, 2.24) is 0 Å². The molecule has 352 valence electrons. The third-order valence-electron chi connectivity index (χ3n) is 12.6. The van der Waals surface area contributed by atoms with E-state index >= 15 is 0 Å². The molecule has 0 amide bonds. The second-order valence-corrected chi connectivity index (χ2v) is 20.4. The molecule has 0 aliphatic carbocycles. The summed E-state index contributed by atoms with van der Waals surface area (Å²) in [6.45, 7) is 1.86. The van der Waals surface area contributed by atoms with E-state index in [2.05, 4.69) is 57.7 Å². The molecule has 6 aromatic carbocycles. The predicted octanol–water partition coefficient (Wildman–Crippen LogP) is 8.70. The van der Waals surface area contributed by atoms with Crippen molar-refractivity contribution in [3.63, 3.8) is 0 Å². The van der Waals surface area contributed by atoms with E-state index in [0.29, 0.717) is 28.6 Å². The van der Waals surface area contributed by atoms with Gasteiger partial charge in [-0.15, -0.1) is 9.13 Å². The number of esters is 1. The van der Waals surface area contributed by atoms with Crippen molar-refractivity contribution in [2.24, 2.45) is 7.05 Å². The number of carbonyl (C=O) groups is 1. The fourth-order valence-electron chi connectivity index (χ4n) is 9.62. The third-order valence-corrected chi connectivity index (χ3v) is 14.2. The zero-order valence-electron chi connectivity index (χ0n) is 38.3. The van der Waals surface area contributed by atoms with Crippen molar-refractivity contribution in [3.05, 3.63) is 175 Å². The van der Waals surface area contributed by atoms with Crippen LogP contribution in [0.5, 0.6) is 11.5 Å². The van der Waals surface area contributed by atoms with Gasteiger partial charge in [-0.1, -0.05) is 60.7 Å². The minimum Gasteiger partial charge on any atom is -0.494 e. The van der Waals surface area contributed by atoms with Crippen LogP contribution in [-0.4, -0.2) is 63.2 Å². The molecular weight excluding hydrogens is 927 g/mol. The largest absolute Gasteiger partial charge is 0.494 e. The van der Waals surface area contributed by atoms with Gasteiger partial charge in [-0.05, 0) is 92.1 Å². The number of fused-ring (bicyclic) bond motifs is 11. The number of aromatic nitrogens is 3. The van der Waals surface area contributed by atoms with E-state index in [9.17, 15) is 30.7 Å². The van der Waals surface area contributed by atoms with Crippen molar-refractivity contribution in [2.75, 3.05) is 31.3 Å². The van der Waals surface area contributed by atoms with Crippen LogP contribution < -0.4 is 23.2 Å². The van der Waals surface area contributed by atoms with Crippen LogP contribution >= 0.6 is 0 Å². The van der Waals surface area contributed by atoms with Crippen molar-refractivity contribution in [1.29, 1.82) is 0 Å². The average Bonchev–Trinajstić information content (AvgIpc) is 3.68. The standard InChI is InChI=1S/C55H46N3O10S2/c1-36-33-37(66-29-13-31-69(60,61)62)24-26-39(36)52-44-19-5-3-15-40(44)42-17-7-9-21-48(42)57(52)51(35-68-55(59)50-23-11-12-28-56(50)2)54-47-34-38(67-30-14-32-70(63,64)65)25-27-46(47)53-45-20-6-4-16-41(45)43-18-8-10-22-49(43)58(53)54/h3-12,15-28,33-34H,13-14,29-32,35H2,1-2H3/q+1/p+2. The fourth-order valence-corrected chi connectivity index (χ4v) is 10.6. The Bertz CT molecular complexity index is 3860. The second-order valence-electron chi connectivity index (χ2n) is 17.2. The summed E-state index contributed by atoms with van der Waals surface area (Å²) >= 11 is 0. The van der Waals surface area contributed by atoms with Crippen molar-refractivity contribution in [3.8, 4) is 34.0 Å². The molecule has 0 saturated carbocycles. The quantitative estimate of drug-likeness (QED) is 0.0334. The van der Waals surface area contributed by atoms with Gasteiger partial charge < -0.3 is 14.2 Å². The molecule has 4 heterocycles. The molecular formula is C55H48N3O10S2+3. The van der Waals surface area contributed by atoms with Crippen molar-refractivity contribution < 1.29 is 58.6 Å². The summed E-state index contributed by atoms with van der Waals surface area (Å²) in [6.07, 6.45) is 1.96. The topological polar surface area (TPSA) is 165 Å². The number of nitrogens with zero attached hydrogens (tertiary/aromatic N) is 3. The van der Waals surface area contributed by atoms with Crippen LogP contribution in [0.3, 0.4) is 0 Å². The zero-order valence-corrected chi connectivity index (χ0v) is 39.9. The van der Waals surface area contributed by atoms with Gasteiger partial charge >= 0.3 is 5.97 Å². The molecule has 0 saturated heterocycles. The first-order valence-electron chi connectivity index (χ1n) is 22.7. The Hall–Kier alpha value is -7.56. The maximum atomic E-state index is 14.4. The molecule has 0 atom stereocenters. The van der Waals surface area contributed by atoms with Crippen LogP contribution in [0.25, 0.3) is 77.3 Å². The molecule has 15 heteroatoms. The van der Waals surface area contributed by atoms with Crippen LogP contribution in [0.15, 0.2) is 158 Å². The lowest BCUT2D eigenvalue weighted by atomic mass is 9.95. The first kappa shape index (κ1) is 46.2. The fraction of sp³-hybridized carbons (Fsp3) is 0.164. The lowest BCUT2D eigenvalue weighted by molar-refractivity contribution is -0.674. The molecule has 1 aliphatic rings. The molecule has 2 N–H and O–H groups in total. The Kier molecular flexibility index (Phi) is 12.4. The molecule has 0 fully saturated rings. The summed E-state index contributed by atoms with van der Waals surface area (Å²) in [6, 6.07) is 49.6. The number of aryl methyl sites for hydroxylation is 2. The molecule has 10 rings (SSSR count). The van der Waals surface area contributed by atoms with Gasteiger partial charge in [0.1, 0.15) is 18.5 Å². The highest BCUT2D eigenvalue weighted by Crippen LogP contribution is 2.44. The number of hydrogen-bond acceptors (Lipinski definition) is 8. The molecule has 9 aromatic rings. The Morgan fingerprint density at radius 2 is 1.07 bits per heavy atom. The molecule has 0 spiro atoms. The van der Waals surface area contributed by atoms with E-state index in [1.54, 1.807) is 29.9 Å². The van der Waals surface area contributed by atoms with Crippen LogP contribution in [0.4, 0.5) is 0 Å². The van der Waals surface area contributed by atoms with Crippen LogP contribution in [-0.2, 0) is 32.0 Å². The first-order chi connectivity index (χ1) is 33.8. The van der Waals surface area contributed by atoms with Gasteiger partial charge in [0.25, 0.3) is 37.3 Å². The predicted molar refractivity (Wildman–Crippen MR) is 268 cm³/mol. The van der Waals surface area contributed by atoms with Gasteiger partial charge in [-0.25, -0.2) is 4.79 Å². The van der Waals surface area contributed by atoms with E-state index in [1.807, 2.05) is 97.9 Å². The highest BCUT2D eigenvalue weighted by Gasteiger charge is 2.45. The molecule has 0 radical (unpaired) electrons. The lowest BCUT2D eigenvalue weighted by Crippen LogP contribution is -2.45. The first-order valence-corrected chi connectivity index (χ1v) is 26.0. The minimum atomic E-state index is -4.20. The highest BCUT2D eigenvalue weighted by atomic mass is 32.2. The lowest BCUT2D eigenvalue weighted by Gasteiger charge is -2.16. The number of rotatable bonds is 15. The summed E-state index contributed by atoms with van der Waals surface area (Å²) < 4.78 is 89.9. The second kappa shape index (κ2) is 18.7. The summed E-state index contributed by atoms with van der Waals surface area (Å²) in [5, 5.41) is 5.88. The summed E-state index contributed by atoms with van der Waals surface area (Å²) in [7, 11) is -6.56. The van der Waals surface area contributed by atoms with Gasteiger partial charge in [-0.2, -0.15) is 21.4 Å². The van der Waals surface area contributed by atoms with Crippen LogP contribution in [0, 0.1) is 6.92 Å². The molecule has 0 bridgehead atoms. The maximum absolute atomic E-state index is 14.4. The number of carbonyl (C=O) groups excluding carboxylic acids is 1. The maximum Gasteiger partial charge on any atom is 0.404 e. The van der Waals surface area contributed by atoms with E-state index in [1.165, 1.54) is 0 Å². The Labute approximate surface area is 404 Å². The molecule has 13 nitrogen and oxygen atoms in total. The zero-order chi connectivity index (χ0) is 48.7. The minimum absolute atomic E-state index is 0.0237. The smallest absolute Gasteiger partial charge is 0.404 e. The number of hydrogen-bond donors (Lipinski definition) is 2. The van der Waals surface area contributed by atoms with Crippen molar-refractivity contribution in [2.45, 2.75) is 19.8 Å². The Morgan fingerprint density at radius 3 is 1.67 bits per heavy atom. The monoisotopic (exact) mass is 974 g/mol. The highest BCUT2D eigenvalue weighted by molar-refractivity contribution is 7.86. The Balaban J connectivity index is 1.30. The van der Waals surface area contributed by atoms with Gasteiger partial charge in [0.2, 0.25) is 22.4 Å². The SMILES string of the molecule is Cc1cc(OCCCS(=O)(=O)O)ccc1-c1c2ccccc2c2ccccc2[n+]1C(COC(=O)c1cccc[n+]1C)=C1c2cc(OCCCS(=O)(=O)O)ccc2-c2c3ccccc3c3ccccc3[n+]21. The van der Waals surface area contributed by atoms with E-state index in [0.717, 1.165) is 77.0 Å². The van der Waals surface area contributed by atoms with Gasteiger partial charge in [0.05, 0.1) is 63.0 Å². The molecule has 0 unspecified atom stereocenters. The van der Waals surface area contributed by atoms with Gasteiger partial charge in [-0.3, -0.25) is 9.11 Å². The molecule has 1 aliphatic heterocycles. The van der Waals surface area contributed by atoms with E-state index < -0.39 is 37.7 Å². The number of ether oxygens (including phenoxy) is 3. The van der Waals surface area contributed by atoms with Crippen molar-refractivity contribution >= 4 is 81.0 Å². The number of pyridine rings is 3. The van der Waals surface area contributed by atoms with E-state index in [4.69, 9.17) is 14.2 Å². The van der Waals surface area contributed by atoms with Crippen LogP contribution in [0.2, 0.25) is 0 Å². The molecule has 70 heavy (non-hydrogen) atoms. The Morgan fingerprint density at radius 1 is 0.557 bits per heavy atom. The average molecular weight is 975 g/mol. The normalized spacial score (nSPS) is 13.1. The number of para-hydroxylation sites is 2. The number of benzene rings is 6. The summed E-state index contributed by atoms with van der Waals surface area (Å²) in [5.41, 5.74) is 8.45. The van der Waals surface area contributed by atoms with Gasteiger partial charge in [0.15, 0.2) is 12.8 Å². The van der Waals surface area contributed by atoms with Gasteiger partial charge in [0, 0.05) is 35.0 Å². The molecule has 3 aromatic heterocycles. The summed E-state index contributed by atoms with van der Waals surface area (Å²) in [4.78, 5) is 14.4.